The van der Waals surface area contributed by atoms with Gasteiger partial charge < -0.3 is 19.1 Å². The van der Waals surface area contributed by atoms with Gasteiger partial charge in [-0.3, -0.25) is 9.59 Å². The molecule has 1 N–H and O–H groups in total. The van der Waals surface area contributed by atoms with Crippen molar-refractivity contribution in [3.05, 3.63) is 63.6 Å². The quantitative estimate of drug-likeness (QED) is 0.811. The normalized spacial score (nSPS) is 19.8. The van der Waals surface area contributed by atoms with Crippen molar-refractivity contribution in [2.75, 3.05) is 6.61 Å². The minimum atomic E-state index is -0.902. The van der Waals surface area contributed by atoms with Crippen LogP contribution in [0.5, 0.6) is 5.75 Å². The minimum Gasteiger partial charge on any atom is -0.484 e. The third kappa shape index (κ3) is 3.64. The van der Waals surface area contributed by atoms with Gasteiger partial charge >= 0.3 is 5.97 Å². The van der Waals surface area contributed by atoms with E-state index in [1.54, 1.807) is 44.3 Å². The molecule has 1 aliphatic heterocycles. The molecular formula is C21H22N2O5. The first kappa shape index (κ1) is 19.6. The summed E-state index contributed by atoms with van der Waals surface area (Å²) in [5.41, 5.74) is 0.533. The average Bonchev–Trinajstić information content (AvgIpc) is 2.62. The summed E-state index contributed by atoms with van der Waals surface area (Å²) in [6, 6.07) is 9.62. The Morgan fingerprint density at radius 2 is 2.11 bits per heavy atom. The topological polar surface area (TPSA) is 102 Å². The van der Waals surface area contributed by atoms with Gasteiger partial charge in [-0.1, -0.05) is 0 Å². The van der Waals surface area contributed by atoms with Gasteiger partial charge in [0.2, 0.25) is 0 Å². The van der Waals surface area contributed by atoms with E-state index in [4.69, 9.17) is 14.6 Å². The minimum absolute atomic E-state index is 0.0574. The lowest BCUT2D eigenvalue weighted by atomic mass is 9.85. The number of esters is 1. The first-order valence-electron chi connectivity index (χ1n) is 8.99. The summed E-state index contributed by atoms with van der Waals surface area (Å²) < 4.78 is 13.1. The van der Waals surface area contributed by atoms with Gasteiger partial charge in [-0.25, -0.2) is 0 Å². The Morgan fingerprint density at radius 1 is 1.36 bits per heavy atom. The molecule has 0 saturated carbocycles. The summed E-state index contributed by atoms with van der Waals surface area (Å²) >= 11 is 0. The molecule has 2 heterocycles. The summed E-state index contributed by atoms with van der Waals surface area (Å²) in [6.07, 6.45) is 1.21. The largest absolute Gasteiger partial charge is 0.484 e. The molecule has 1 aliphatic rings. The van der Waals surface area contributed by atoms with E-state index < -0.39 is 23.7 Å². The van der Waals surface area contributed by atoms with Gasteiger partial charge in [0.1, 0.15) is 17.4 Å². The molecule has 0 spiro atoms. The number of rotatable bonds is 4. The number of aliphatic hydroxyl groups is 1. The first-order chi connectivity index (χ1) is 13.3. The molecule has 2 aromatic rings. The van der Waals surface area contributed by atoms with E-state index >= 15 is 0 Å². The van der Waals surface area contributed by atoms with Gasteiger partial charge in [0, 0.05) is 31.4 Å². The Morgan fingerprint density at radius 3 is 2.71 bits per heavy atom. The Bertz CT molecular complexity index is 1000. The maximum atomic E-state index is 12.9. The number of hydrogen-bond acceptors (Lipinski definition) is 6. The fourth-order valence-corrected chi connectivity index (χ4v) is 3.55. The first-order valence-corrected chi connectivity index (χ1v) is 8.99. The number of pyridine rings is 1. The second-order valence-electron chi connectivity index (χ2n) is 7.30. The van der Waals surface area contributed by atoms with E-state index in [2.05, 4.69) is 6.07 Å². The fourth-order valence-electron chi connectivity index (χ4n) is 3.55. The van der Waals surface area contributed by atoms with Crippen LogP contribution in [-0.2, 0) is 16.0 Å². The zero-order valence-electron chi connectivity index (χ0n) is 16.0. The predicted octanol–water partition coefficient (Wildman–Crippen LogP) is 1.95. The highest BCUT2D eigenvalue weighted by molar-refractivity contribution is 5.66. The van der Waals surface area contributed by atoms with Crippen LogP contribution in [0.15, 0.2) is 41.3 Å². The van der Waals surface area contributed by atoms with Crippen LogP contribution in [0, 0.1) is 11.3 Å². The maximum Gasteiger partial charge on any atom is 0.303 e. The number of carbonyl (C=O) groups is 1. The van der Waals surface area contributed by atoms with Gasteiger partial charge in [0.05, 0.1) is 11.6 Å². The molecule has 0 unspecified atom stereocenters. The molecule has 0 radical (unpaired) electrons. The lowest BCUT2D eigenvalue weighted by molar-refractivity contribution is -0.163. The highest BCUT2D eigenvalue weighted by atomic mass is 16.6. The van der Waals surface area contributed by atoms with Crippen molar-refractivity contribution >= 4 is 5.97 Å². The van der Waals surface area contributed by atoms with Crippen molar-refractivity contribution in [2.45, 2.75) is 44.9 Å². The molecule has 2 atom stereocenters. The van der Waals surface area contributed by atoms with Crippen LogP contribution in [0.4, 0.5) is 0 Å². The Hall–Kier alpha value is -3.11. The second kappa shape index (κ2) is 7.49. The smallest absolute Gasteiger partial charge is 0.303 e. The fraction of sp³-hybridized carbons (Fsp3) is 0.381. The molecule has 0 bridgehead atoms. The molecule has 0 aliphatic carbocycles. The highest BCUT2D eigenvalue weighted by Gasteiger charge is 2.47. The number of benzene rings is 1. The van der Waals surface area contributed by atoms with Crippen molar-refractivity contribution in [1.82, 2.24) is 4.57 Å². The number of hydrogen-bond donors (Lipinski definition) is 1. The van der Waals surface area contributed by atoms with Crippen molar-refractivity contribution in [2.24, 2.45) is 0 Å². The molecule has 1 aromatic carbocycles. The second-order valence-corrected chi connectivity index (χ2v) is 7.30. The lowest BCUT2D eigenvalue weighted by Gasteiger charge is -2.44. The van der Waals surface area contributed by atoms with Gasteiger partial charge in [-0.05, 0) is 50.1 Å². The molecular weight excluding hydrogens is 360 g/mol. The predicted molar refractivity (Wildman–Crippen MR) is 101 cm³/mol. The summed E-state index contributed by atoms with van der Waals surface area (Å²) in [4.78, 5) is 24.6. The number of fused-ring (bicyclic) bond motifs is 1. The van der Waals surface area contributed by atoms with E-state index in [1.165, 1.54) is 17.6 Å². The number of aliphatic hydroxyl groups excluding tert-OH is 1. The van der Waals surface area contributed by atoms with E-state index in [0.717, 1.165) is 0 Å². The van der Waals surface area contributed by atoms with Gasteiger partial charge in [-0.15, -0.1) is 0 Å². The van der Waals surface area contributed by atoms with Crippen molar-refractivity contribution in [1.29, 1.82) is 5.26 Å². The lowest BCUT2D eigenvalue weighted by Crippen LogP contribution is -2.54. The van der Waals surface area contributed by atoms with E-state index in [1.807, 2.05) is 0 Å². The van der Waals surface area contributed by atoms with Crippen LogP contribution in [0.25, 0.3) is 0 Å². The monoisotopic (exact) mass is 382 g/mol. The molecule has 0 saturated heterocycles. The van der Waals surface area contributed by atoms with Crippen LogP contribution < -0.4 is 10.3 Å². The molecule has 1 aromatic heterocycles. The van der Waals surface area contributed by atoms with E-state index in [-0.39, 0.29) is 12.2 Å². The summed E-state index contributed by atoms with van der Waals surface area (Å²) in [6.45, 7) is 4.83. The Labute approximate surface area is 162 Å². The molecule has 7 nitrogen and oxygen atoms in total. The third-order valence-corrected chi connectivity index (χ3v) is 4.81. The van der Waals surface area contributed by atoms with Crippen LogP contribution in [0.2, 0.25) is 0 Å². The van der Waals surface area contributed by atoms with Gasteiger partial charge in [0.15, 0.2) is 6.10 Å². The van der Waals surface area contributed by atoms with Gasteiger partial charge in [0.25, 0.3) is 5.56 Å². The van der Waals surface area contributed by atoms with Crippen molar-refractivity contribution < 1.29 is 19.4 Å². The van der Waals surface area contributed by atoms with E-state index in [0.29, 0.717) is 28.9 Å². The zero-order chi connectivity index (χ0) is 20.5. The maximum absolute atomic E-state index is 12.9. The van der Waals surface area contributed by atoms with Crippen LogP contribution in [0.3, 0.4) is 0 Å². The Kier molecular flexibility index (Phi) is 5.25. The molecule has 7 heteroatoms. The SMILES string of the molecule is CC(=O)O[C@@H]1[C@@H](n2ccc(CCO)cc2=O)c2cc(C#N)ccc2OC1(C)C. The van der Waals surface area contributed by atoms with Crippen LogP contribution >= 0.6 is 0 Å². The number of aromatic nitrogens is 1. The highest BCUT2D eigenvalue weighted by Crippen LogP contribution is 2.43. The van der Waals surface area contributed by atoms with Crippen LogP contribution in [-0.4, -0.2) is 34.0 Å². The van der Waals surface area contributed by atoms with Crippen LogP contribution in [0.1, 0.15) is 43.5 Å². The van der Waals surface area contributed by atoms with Crippen molar-refractivity contribution in [3.63, 3.8) is 0 Å². The summed E-state index contributed by atoms with van der Waals surface area (Å²) in [7, 11) is 0. The summed E-state index contributed by atoms with van der Waals surface area (Å²) in [5, 5.41) is 18.4. The molecule has 0 amide bonds. The van der Waals surface area contributed by atoms with Crippen molar-refractivity contribution in [3.8, 4) is 11.8 Å². The zero-order valence-corrected chi connectivity index (χ0v) is 16.0. The van der Waals surface area contributed by atoms with E-state index in [9.17, 15) is 14.9 Å². The molecule has 3 rings (SSSR count). The standard InChI is InChI=1S/C21H22N2O5/c1-13(25)27-20-19(23-8-6-14(7-9-24)11-18(23)26)16-10-15(12-22)4-5-17(16)28-21(20,2)3/h4-6,8,10-11,19-20,24H,7,9H2,1-3H3/t19-,20+/m0/s1. The number of nitrogens with zero attached hydrogens (tertiary/aromatic N) is 2. The average molecular weight is 382 g/mol. The summed E-state index contributed by atoms with van der Waals surface area (Å²) in [5.74, 6) is 0.0419. The molecule has 146 valence electrons. The number of ether oxygens (including phenoxy) is 2. The molecule has 0 fully saturated rings. The van der Waals surface area contributed by atoms with Gasteiger partial charge in [-0.2, -0.15) is 5.26 Å². The number of carbonyl (C=O) groups excluding carboxylic acids is 1. The Balaban J connectivity index is 2.22. The molecule has 28 heavy (non-hydrogen) atoms. The number of nitriles is 1. The third-order valence-electron chi connectivity index (χ3n) is 4.81.